The SMILES string of the molecule is O=c1[nH]c2cc([N+](=O)[O-])c(N3CC3)c([N+](=O)[O-])c2[nH]1. The number of rotatable bonds is 3. The van der Waals surface area contributed by atoms with Crippen molar-refractivity contribution >= 4 is 28.1 Å². The summed E-state index contributed by atoms with van der Waals surface area (Å²) < 4.78 is 0. The van der Waals surface area contributed by atoms with Crippen LogP contribution >= 0.6 is 0 Å². The second-order valence-electron chi connectivity index (χ2n) is 4.10. The van der Waals surface area contributed by atoms with Gasteiger partial charge in [0.25, 0.3) is 0 Å². The van der Waals surface area contributed by atoms with Gasteiger partial charge in [0.15, 0.2) is 5.69 Å². The average Bonchev–Trinajstić information content (AvgIpc) is 3.08. The molecule has 0 atom stereocenters. The third kappa shape index (κ3) is 1.61. The van der Waals surface area contributed by atoms with E-state index in [1.165, 1.54) is 4.90 Å². The number of H-pyrrole nitrogens is 2. The molecule has 0 saturated carbocycles. The van der Waals surface area contributed by atoms with Crippen molar-refractivity contribution in [2.75, 3.05) is 18.0 Å². The van der Waals surface area contributed by atoms with Crippen molar-refractivity contribution in [2.24, 2.45) is 0 Å². The van der Waals surface area contributed by atoms with Crippen molar-refractivity contribution in [1.29, 1.82) is 0 Å². The van der Waals surface area contributed by atoms with Crippen LogP contribution in [-0.4, -0.2) is 32.9 Å². The number of aromatic nitrogens is 2. The lowest BCUT2D eigenvalue weighted by molar-refractivity contribution is -0.391. The lowest BCUT2D eigenvalue weighted by Crippen LogP contribution is -2.04. The number of nitrogens with zero attached hydrogens (tertiary/aromatic N) is 3. The molecule has 19 heavy (non-hydrogen) atoms. The Bertz CT molecular complexity index is 771. The highest BCUT2D eigenvalue weighted by Gasteiger charge is 2.38. The van der Waals surface area contributed by atoms with Gasteiger partial charge in [-0.05, 0) is 0 Å². The Morgan fingerprint density at radius 3 is 2.37 bits per heavy atom. The fourth-order valence-electron chi connectivity index (χ4n) is 2.04. The second kappa shape index (κ2) is 3.54. The summed E-state index contributed by atoms with van der Waals surface area (Å²) in [7, 11) is 0. The van der Waals surface area contributed by atoms with E-state index >= 15 is 0 Å². The zero-order valence-corrected chi connectivity index (χ0v) is 9.37. The second-order valence-corrected chi connectivity index (χ2v) is 4.10. The monoisotopic (exact) mass is 265 g/mol. The summed E-state index contributed by atoms with van der Waals surface area (Å²) >= 11 is 0. The molecule has 2 aromatic rings. The minimum Gasteiger partial charge on any atom is -0.357 e. The van der Waals surface area contributed by atoms with E-state index in [2.05, 4.69) is 9.97 Å². The molecule has 0 spiro atoms. The first-order valence-electron chi connectivity index (χ1n) is 5.32. The maximum absolute atomic E-state index is 11.2. The number of imidazole rings is 1. The lowest BCUT2D eigenvalue weighted by atomic mass is 10.2. The molecule has 98 valence electrons. The number of fused-ring (bicyclic) bond motifs is 1. The van der Waals surface area contributed by atoms with Gasteiger partial charge < -0.3 is 9.88 Å². The predicted octanol–water partition coefficient (Wildman–Crippen LogP) is 0.493. The molecule has 1 aliphatic heterocycles. The standard InChI is InChI=1S/C9H7N5O5/c15-9-10-4-3-5(13(16)17)7(12-1-2-12)8(14(18)19)6(4)11-9/h3H,1-2H2,(H2,10,11,15). The van der Waals surface area contributed by atoms with E-state index in [-0.39, 0.29) is 22.4 Å². The van der Waals surface area contributed by atoms with Crippen molar-refractivity contribution in [1.82, 2.24) is 9.97 Å². The van der Waals surface area contributed by atoms with Gasteiger partial charge in [0.05, 0.1) is 15.4 Å². The quantitative estimate of drug-likeness (QED) is 0.470. The van der Waals surface area contributed by atoms with Crippen LogP contribution in [-0.2, 0) is 0 Å². The van der Waals surface area contributed by atoms with Crippen molar-refractivity contribution in [3.63, 3.8) is 0 Å². The molecule has 1 fully saturated rings. The zero-order valence-electron chi connectivity index (χ0n) is 9.37. The van der Waals surface area contributed by atoms with Crippen LogP contribution in [0.25, 0.3) is 11.0 Å². The summed E-state index contributed by atoms with van der Waals surface area (Å²) in [5.41, 5.74) is -1.50. The molecule has 10 heteroatoms. The van der Waals surface area contributed by atoms with Crippen LogP contribution in [0.2, 0.25) is 0 Å². The molecule has 0 bridgehead atoms. The molecule has 0 radical (unpaired) electrons. The number of nitro benzene ring substituents is 2. The average molecular weight is 265 g/mol. The van der Waals surface area contributed by atoms with E-state index in [9.17, 15) is 25.0 Å². The van der Waals surface area contributed by atoms with Crippen LogP contribution in [0.5, 0.6) is 0 Å². The third-order valence-electron chi connectivity index (χ3n) is 2.88. The topological polar surface area (TPSA) is 138 Å². The van der Waals surface area contributed by atoms with E-state index in [4.69, 9.17) is 0 Å². The molecule has 10 nitrogen and oxygen atoms in total. The van der Waals surface area contributed by atoms with Crippen LogP contribution in [0.4, 0.5) is 17.1 Å². The number of nitrogens with one attached hydrogen (secondary N) is 2. The highest BCUT2D eigenvalue weighted by Crippen LogP contribution is 2.43. The van der Waals surface area contributed by atoms with E-state index in [1.54, 1.807) is 0 Å². The van der Waals surface area contributed by atoms with E-state index in [0.29, 0.717) is 13.1 Å². The lowest BCUT2D eigenvalue weighted by Gasteiger charge is -2.05. The van der Waals surface area contributed by atoms with Crippen molar-refractivity contribution in [3.05, 3.63) is 36.8 Å². The first kappa shape index (κ1) is 11.2. The molecule has 1 saturated heterocycles. The summed E-state index contributed by atoms with van der Waals surface area (Å²) in [6.45, 7) is 1.03. The van der Waals surface area contributed by atoms with Gasteiger partial charge in [-0.3, -0.25) is 25.2 Å². The summed E-state index contributed by atoms with van der Waals surface area (Å²) in [5.74, 6) is 0. The van der Waals surface area contributed by atoms with E-state index in [1.807, 2.05) is 0 Å². The number of hydrogen-bond acceptors (Lipinski definition) is 6. The Balaban J connectivity index is 2.47. The maximum atomic E-state index is 11.2. The van der Waals surface area contributed by atoms with Gasteiger partial charge >= 0.3 is 17.1 Å². The summed E-state index contributed by atoms with van der Waals surface area (Å²) in [6.07, 6.45) is 0. The summed E-state index contributed by atoms with van der Waals surface area (Å²) in [4.78, 5) is 38.1. The third-order valence-corrected chi connectivity index (χ3v) is 2.88. The van der Waals surface area contributed by atoms with Crippen LogP contribution in [0.3, 0.4) is 0 Å². The number of benzene rings is 1. The summed E-state index contributed by atoms with van der Waals surface area (Å²) in [6, 6.07) is 1.13. The minimum atomic E-state index is -0.716. The minimum absolute atomic E-state index is 0.0255. The Hall–Kier alpha value is -2.91. The van der Waals surface area contributed by atoms with E-state index in [0.717, 1.165) is 6.07 Å². The fraction of sp³-hybridized carbons (Fsp3) is 0.222. The molecule has 0 unspecified atom stereocenters. The van der Waals surface area contributed by atoms with Crippen molar-refractivity contribution in [2.45, 2.75) is 0 Å². The first-order chi connectivity index (χ1) is 8.99. The van der Waals surface area contributed by atoms with Gasteiger partial charge in [-0.25, -0.2) is 4.79 Å². The number of anilines is 1. The Morgan fingerprint density at radius 1 is 1.16 bits per heavy atom. The molecule has 1 aliphatic rings. The number of aromatic amines is 2. The first-order valence-corrected chi connectivity index (χ1v) is 5.32. The number of hydrogen-bond donors (Lipinski definition) is 2. The van der Waals surface area contributed by atoms with Crippen molar-refractivity contribution in [3.8, 4) is 0 Å². The molecular weight excluding hydrogens is 258 g/mol. The van der Waals surface area contributed by atoms with Gasteiger partial charge in [-0.2, -0.15) is 0 Å². The molecular formula is C9H7N5O5. The highest BCUT2D eigenvalue weighted by atomic mass is 16.6. The normalized spacial score (nSPS) is 13.8. The smallest absolute Gasteiger partial charge is 0.325 e. The van der Waals surface area contributed by atoms with E-state index < -0.39 is 21.2 Å². The predicted molar refractivity (Wildman–Crippen MR) is 64.4 cm³/mol. The van der Waals surface area contributed by atoms with Crippen LogP contribution in [0.1, 0.15) is 0 Å². The molecule has 1 aromatic heterocycles. The molecule has 1 aromatic carbocycles. The molecule has 0 aliphatic carbocycles. The largest absolute Gasteiger partial charge is 0.357 e. The molecule has 0 amide bonds. The van der Waals surface area contributed by atoms with Gasteiger partial charge in [-0.15, -0.1) is 0 Å². The van der Waals surface area contributed by atoms with Crippen LogP contribution in [0, 0.1) is 20.2 Å². The van der Waals surface area contributed by atoms with Gasteiger partial charge in [0.2, 0.25) is 0 Å². The zero-order chi connectivity index (χ0) is 13.7. The Labute approximate surface area is 103 Å². The van der Waals surface area contributed by atoms with Crippen LogP contribution < -0.4 is 10.6 Å². The van der Waals surface area contributed by atoms with Gasteiger partial charge in [0, 0.05) is 19.2 Å². The van der Waals surface area contributed by atoms with Gasteiger partial charge in [0.1, 0.15) is 5.52 Å². The highest BCUT2D eigenvalue weighted by molar-refractivity contribution is 5.97. The Morgan fingerprint density at radius 2 is 1.84 bits per heavy atom. The molecule has 2 heterocycles. The number of nitro groups is 2. The molecule has 2 N–H and O–H groups in total. The fourth-order valence-corrected chi connectivity index (χ4v) is 2.04. The Kier molecular flexibility index (Phi) is 2.09. The molecule has 3 rings (SSSR count). The van der Waals surface area contributed by atoms with Crippen molar-refractivity contribution < 1.29 is 9.85 Å². The summed E-state index contributed by atoms with van der Waals surface area (Å²) in [5, 5.41) is 22.2. The van der Waals surface area contributed by atoms with Crippen LogP contribution in [0.15, 0.2) is 10.9 Å². The maximum Gasteiger partial charge on any atom is 0.325 e. The van der Waals surface area contributed by atoms with Gasteiger partial charge in [-0.1, -0.05) is 0 Å².